The van der Waals surface area contributed by atoms with Gasteiger partial charge in [0.1, 0.15) is 12.1 Å². The molecular weight excluding hydrogens is 251 g/mol. The zero-order valence-corrected chi connectivity index (χ0v) is 10.3. The number of thiazole rings is 1. The van der Waals surface area contributed by atoms with Gasteiger partial charge in [-0.2, -0.15) is 5.10 Å². The fourth-order valence-electron chi connectivity index (χ4n) is 1.68. The Morgan fingerprint density at radius 1 is 1.22 bits per heavy atom. The molecule has 0 unspecified atom stereocenters. The summed E-state index contributed by atoms with van der Waals surface area (Å²) in [6.07, 6.45) is 1.45. The van der Waals surface area contributed by atoms with Crippen molar-refractivity contribution in [3.63, 3.8) is 0 Å². The fraction of sp³-hybridized carbons (Fsp3) is 0.0833. The first-order valence-electron chi connectivity index (χ1n) is 5.33. The predicted octanol–water partition coefficient (Wildman–Crippen LogP) is 3.04. The van der Waals surface area contributed by atoms with Crippen LogP contribution in [0, 0.1) is 12.7 Å². The summed E-state index contributed by atoms with van der Waals surface area (Å²) in [5, 5.41) is 7.37. The molecule has 0 aliphatic heterocycles. The van der Waals surface area contributed by atoms with Crippen molar-refractivity contribution >= 4 is 11.3 Å². The van der Waals surface area contributed by atoms with E-state index >= 15 is 0 Å². The Bertz CT molecular complexity index is 658. The Morgan fingerprint density at radius 2 is 2.00 bits per heavy atom. The van der Waals surface area contributed by atoms with Gasteiger partial charge < -0.3 is 0 Å². The molecule has 0 aliphatic carbocycles. The molecule has 1 N–H and O–H groups in total. The number of H-pyrrole nitrogens is 1. The van der Waals surface area contributed by atoms with E-state index in [2.05, 4.69) is 20.2 Å². The maximum absolute atomic E-state index is 12.9. The monoisotopic (exact) mass is 260 g/mol. The number of nitrogens with one attached hydrogen (secondary N) is 1. The number of rotatable bonds is 2. The van der Waals surface area contributed by atoms with Crippen molar-refractivity contribution < 1.29 is 4.39 Å². The average molecular weight is 260 g/mol. The number of aromatic nitrogens is 4. The zero-order chi connectivity index (χ0) is 12.5. The Morgan fingerprint density at radius 3 is 2.67 bits per heavy atom. The van der Waals surface area contributed by atoms with Gasteiger partial charge in [-0.15, -0.1) is 11.3 Å². The van der Waals surface area contributed by atoms with Gasteiger partial charge in [0.2, 0.25) is 0 Å². The van der Waals surface area contributed by atoms with Crippen LogP contribution < -0.4 is 0 Å². The molecule has 6 heteroatoms. The lowest BCUT2D eigenvalue weighted by Crippen LogP contribution is -1.80. The Hall–Kier alpha value is -2.08. The summed E-state index contributed by atoms with van der Waals surface area (Å²) < 4.78 is 12.9. The minimum absolute atomic E-state index is 0.239. The van der Waals surface area contributed by atoms with Crippen molar-refractivity contribution in [2.75, 3.05) is 0 Å². The summed E-state index contributed by atoms with van der Waals surface area (Å²) in [5.74, 6) is 0.410. The van der Waals surface area contributed by atoms with Crippen LogP contribution in [0.1, 0.15) is 5.69 Å². The smallest absolute Gasteiger partial charge is 0.184 e. The third-order valence-corrected chi connectivity index (χ3v) is 3.73. The maximum atomic E-state index is 12.9. The molecule has 4 nitrogen and oxygen atoms in total. The molecule has 3 rings (SSSR count). The molecule has 0 spiro atoms. The second-order valence-electron chi connectivity index (χ2n) is 3.77. The first-order valence-corrected chi connectivity index (χ1v) is 6.15. The van der Waals surface area contributed by atoms with Crippen molar-refractivity contribution in [3.05, 3.63) is 42.1 Å². The van der Waals surface area contributed by atoms with Gasteiger partial charge in [-0.1, -0.05) is 12.1 Å². The molecule has 0 saturated heterocycles. The minimum atomic E-state index is -0.239. The summed E-state index contributed by atoms with van der Waals surface area (Å²) in [4.78, 5) is 9.53. The number of aryl methyl sites for hydroxylation is 1. The molecular formula is C12H9FN4S. The molecule has 0 amide bonds. The molecule has 1 aromatic carbocycles. The van der Waals surface area contributed by atoms with E-state index in [1.54, 1.807) is 12.1 Å². The average Bonchev–Trinajstić information content (AvgIpc) is 2.99. The maximum Gasteiger partial charge on any atom is 0.184 e. The molecule has 90 valence electrons. The molecule has 18 heavy (non-hydrogen) atoms. The molecule has 0 atom stereocenters. The third-order valence-electron chi connectivity index (χ3n) is 2.52. The molecule has 0 aliphatic rings. The lowest BCUT2D eigenvalue weighted by atomic mass is 10.1. The van der Waals surface area contributed by atoms with Gasteiger partial charge in [-0.05, 0) is 24.6 Å². The standard InChI is InChI=1S/C12H9FN4S/c1-7-10(8-2-4-9(13)5-3-8)18-12(16-7)11-14-6-15-17-11/h2-6H,1H3,(H,14,15,17). The number of aromatic amines is 1. The summed E-state index contributed by atoms with van der Waals surface area (Å²) in [6, 6.07) is 6.39. The van der Waals surface area contributed by atoms with Crippen LogP contribution in [0.5, 0.6) is 0 Å². The summed E-state index contributed by atoms with van der Waals surface area (Å²) >= 11 is 1.51. The van der Waals surface area contributed by atoms with Crippen molar-refractivity contribution in [2.45, 2.75) is 6.92 Å². The molecule has 2 aromatic heterocycles. The normalized spacial score (nSPS) is 10.8. The Kier molecular flexibility index (Phi) is 2.64. The first-order chi connectivity index (χ1) is 8.74. The highest BCUT2D eigenvalue weighted by Gasteiger charge is 2.12. The van der Waals surface area contributed by atoms with E-state index in [0.29, 0.717) is 5.82 Å². The molecule has 0 bridgehead atoms. The van der Waals surface area contributed by atoms with Crippen LogP contribution in [-0.4, -0.2) is 20.2 Å². The number of hydrogen-bond acceptors (Lipinski definition) is 4. The molecule has 0 saturated carbocycles. The van der Waals surface area contributed by atoms with Crippen LogP contribution in [0.3, 0.4) is 0 Å². The Labute approximate surface area is 107 Å². The molecule has 0 radical (unpaired) electrons. The van der Waals surface area contributed by atoms with E-state index in [9.17, 15) is 4.39 Å². The lowest BCUT2D eigenvalue weighted by molar-refractivity contribution is 0.628. The first kappa shape index (κ1) is 11.0. The van der Waals surface area contributed by atoms with Crippen LogP contribution in [-0.2, 0) is 0 Å². The van der Waals surface area contributed by atoms with Gasteiger partial charge in [0.25, 0.3) is 0 Å². The highest BCUT2D eigenvalue weighted by molar-refractivity contribution is 7.18. The van der Waals surface area contributed by atoms with Crippen molar-refractivity contribution in [3.8, 4) is 21.3 Å². The van der Waals surface area contributed by atoms with Crippen molar-refractivity contribution in [1.82, 2.24) is 20.2 Å². The topological polar surface area (TPSA) is 54.5 Å². The fourth-order valence-corrected chi connectivity index (χ4v) is 2.69. The SMILES string of the molecule is Cc1nc(-c2ncn[nH]2)sc1-c1ccc(F)cc1. The van der Waals surface area contributed by atoms with Crippen molar-refractivity contribution in [1.29, 1.82) is 0 Å². The van der Waals surface area contributed by atoms with Crippen LogP contribution in [0.25, 0.3) is 21.3 Å². The van der Waals surface area contributed by atoms with E-state index in [-0.39, 0.29) is 5.82 Å². The van der Waals surface area contributed by atoms with Gasteiger partial charge in [0.15, 0.2) is 10.8 Å². The number of hydrogen-bond donors (Lipinski definition) is 1. The van der Waals surface area contributed by atoms with Gasteiger partial charge in [0, 0.05) is 0 Å². The molecule has 3 aromatic rings. The van der Waals surface area contributed by atoms with Crippen molar-refractivity contribution in [2.24, 2.45) is 0 Å². The highest BCUT2D eigenvalue weighted by Crippen LogP contribution is 2.33. The minimum Gasteiger partial charge on any atom is -0.257 e. The molecule has 0 fully saturated rings. The van der Waals surface area contributed by atoms with Gasteiger partial charge >= 0.3 is 0 Å². The van der Waals surface area contributed by atoms with E-state index in [1.165, 1.54) is 29.8 Å². The Balaban J connectivity index is 2.06. The quantitative estimate of drug-likeness (QED) is 0.770. The summed E-state index contributed by atoms with van der Waals surface area (Å²) in [6.45, 7) is 1.93. The highest BCUT2D eigenvalue weighted by atomic mass is 32.1. The van der Waals surface area contributed by atoms with Crippen LogP contribution in [0.2, 0.25) is 0 Å². The van der Waals surface area contributed by atoms with E-state index in [4.69, 9.17) is 0 Å². The predicted molar refractivity (Wildman–Crippen MR) is 67.6 cm³/mol. The van der Waals surface area contributed by atoms with Crippen LogP contribution >= 0.6 is 11.3 Å². The lowest BCUT2D eigenvalue weighted by Gasteiger charge is -1.97. The van der Waals surface area contributed by atoms with E-state index < -0.39 is 0 Å². The second-order valence-corrected chi connectivity index (χ2v) is 4.77. The number of nitrogens with zero attached hydrogens (tertiary/aromatic N) is 3. The largest absolute Gasteiger partial charge is 0.257 e. The zero-order valence-electron chi connectivity index (χ0n) is 9.51. The van der Waals surface area contributed by atoms with Gasteiger partial charge in [0.05, 0.1) is 10.6 Å². The van der Waals surface area contributed by atoms with Gasteiger partial charge in [-0.3, -0.25) is 5.10 Å². The van der Waals surface area contributed by atoms with Crippen LogP contribution in [0.4, 0.5) is 4.39 Å². The van der Waals surface area contributed by atoms with E-state index in [1.807, 2.05) is 6.92 Å². The second kappa shape index (κ2) is 4.30. The number of halogens is 1. The van der Waals surface area contributed by atoms with Gasteiger partial charge in [-0.25, -0.2) is 14.4 Å². The molecule has 2 heterocycles. The summed E-state index contributed by atoms with van der Waals surface area (Å²) in [7, 11) is 0. The number of benzene rings is 1. The third kappa shape index (κ3) is 1.91. The summed E-state index contributed by atoms with van der Waals surface area (Å²) in [5.41, 5.74) is 1.86. The van der Waals surface area contributed by atoms with Crippen LogP contribution in [0.15, 0.2) is 30.6 Å². The van der Waals surface area contributed by atoms with E-state index in [0.717, 1.165) is 21.1 Å².